The third-order valence-corrected chi connectivity index (χ3v) is 12.7. The zero-order chi connectivity index (χ0) is 48.9. The molecule has 0 heterocycles. The van der Waals surface area contributed by atoms with E-state index < -0.39 is 17.9 Å². The van der Waals surface area contributed by atoms with Gasteiger partial charge in [0.2, 0.25) is 0 Å². The summed E-state index contributed by atoms with van der Waals surface area (Å²) >= 11 is 0. The fourth-order valence-electron chi connectivity index (χ4n) is 8.45. The first-order valence-electron chi connectivity index (χ1n) is 29.0. The molecule has 6 nitrogen and oxygen atoms in total. The fraction of sp³-hybridized carbons (Fsp3) is 0.850. The van der Waals surface area contributed by atoms with E-state index in [-0.39, 0.29) is 41.7 Å². The summed E-state index contributed by atoms with van der Waals surface area (Å²) < 4.78 is 0. The number of unbranched alkanes of at least 4 members (excludes halogenated alkanes) is 45. The number of carboxylic acids is 3. The molecule has 0 radical (unpaired) electrons. The van der Waals surface area contributed by atoms with Gasteiger partial charge in [-0.2, -0.15) is 0 Å². The monoisotopic (exact) mass is 1070 g/mol. The SMILES string of the molecule is CCCCCCCCCCCCCCCCCC=CC(=O)O.CCCCCCCCCCCCCCCCCC=CC(=O)O.CCCCCCCCCCCCCCCCCC=CC(=O)O.[Ce]. The maximum absolute atomic E-state index is 10.3. The quantitative estimate of drug-likeness (QED) is 0.0413. The van der Waals surface area contributed by atoms with Crippen molar-refractivity contribution in [2.24, 2.45) is 0 Å². The molecule has 67 heavy (non-hydrogen) atoms. The molecule has 0 aromatic heterocycles. The van der Waals surface area contributed by atoms with E-state index in [2.05, 4.69) is 20.8 Å². The predicted octanol–water partition coefficient (Wildman–Crippen LogP) is 20.7. The van der Waals surface area contributed by atoms with E-state index in [0.717, 1.165) is 38.5 Å². The van der Waals surface area contributed by atoms with E-state index in [4.69, 9.17) is 15.3 Å². The summed E-state index contributed by atoms with van der Waals surface area (Å²) in [7, 11) is 0. The van der Waals surface area contributed by atoms with Gasteiger partial charge < -0.3 is 15.3 Å². The Morgan fingerprint density at radius 1 is 0.239 bits per heavy atom. The van der Waals surface area contributed by atoms with Gasteiger partial charge >= 0.3 is 17.9 Å². The van der Waals surface area contributed by atoms with E-state index in [0.29, 0.717) is 0 Å². The van der Waals surface area contributed by atoms with Crippen molar-refractivity contribution in [2.45, 2.75) is 329 Å². The molecule has 0 bridgehead atoms. The van der Waals surface area contributed by atoms with Gasteiger partial charge in [0.1, 0.15) is 0 Å². The van der Waals surface area contributed by atoms with Gasteiger partial charge in [0.25, 0.3) is 0 Å². The molecule has 0 aromatic carbocycles. The molecule has 0 saturated carbocycles. The van der Waals surface area contributed by atoms with Crippen molar-refractivity contribution < 1.29 is 71.5 Å². The molecule has 0 fully saturated rings. The third kappa shape index (κ3) is 82.3. The van der Waals surface area contributed by atoms with Crippen molar-refractivity contribution in [3.05, 3.63) is 36.5 Å². The molecular formula is C60H114CeO6. The van der Waals surface area contributed by atoms with Crippen molar-refractivity contribution in [3.8, 4) is 0 Å². The van der Waals surface area contributed by atoms with Gasteiger partial charge in [-0.05, 0) is 38.5 Å². The van der Waals surface area contributed by atoms with Crippen molar-refractivity contribution in [1.82, 2.24) is 0 Å². The Bertz CT molecular complexity index is 911. The van der Waals surface area contributed by atoms with Crippen LogP contribution in [0.15, 0.2) is 36.5 Å². The van der Waals surface area contributed by atoms with Crippen LogP contribution in [0.2, 0.25) is 0 Å². The summed E-state index contributed by atoms with van der Waals surface area (Å²) in [5, 5.41) is 25.4. The van der Waals surface area contributed by atoms with Crippen LogP contribution in [0.25, 0.3) is 0 Å². The van der Waals surface area contributed by atoms with Crippen LogP contribution in [0, 0.1) is 41.7 Å². The van der Waals surface area contributed by atoms with Gasteiger partial charge in [-0.25, -0.2) is 14.4 Å². The molecule has 0 aliphatic rings. The number of carboxylic acid groups (broad SMARTS) is 3. The van der Waals surface area contributed by atoms with Gasteiger partial charge in [-0.3, -0.25) is 0 Å². The second-order valence-electron chi connectivity index (χ2n) is 19.4. The van der Waals surface area contributed by atoms with E-state index in [9.17, 15) is 14.4 Å². The Kier molecular flexibility index (Phi) is 75.0. The zero-order valence-electron chi connectivity index (χ0n) is 45.0. The maximum Gasteiger partial charge on any atom is 0.327 e. The van der Waals surface area contributed by atoms with Crippen molar-refractivity contribution in [1.29, 1.82) is 0 Å². The van der Waals surface area contributed by atoms with Crippen LogP contribution in [0.4, 0.5) is 0 Å². The van der Waals surface area contributed by atoms with Crippen molar-refractivity contribution in [2.75, 3.05) is 0 Å². The average molecular weight is 1070 g/mol. The van der Waals surface area contributed by atoms with Crippen LogP contribution in [-0.2, 0) is 14.4 Å². The van der Waals surface area contributed by atoms with Gasteiger partial charge in [-0.15, -0.1) is 0 Å². The normalized spacial score (nSPS) is 11.1. The smallest absolute Gasteiger partial charge is 0.327 e. The van der Waals surface area contributed by atoms with Crippen LogP contribution in [-0.4, -0.2) is 33.2 Å². The minimum atomic E-state index is -0.832. The molecule has 0 aromatic rings. The molecular weight excluding hydrogens is 957 g/mol. The van der Waals surface area contributed by atoms with Crippen molar-refractivity contribution in [3.63, 3.8) is 0 Å². The molecule has 0 unspecified atom stereocenters. The van der Waals surface area contributed by atoms with E-state index in [1.54, 1.807) is 18.2 Å². The van der Waals surface area contributed by atoms with E-state index in [1.165, 1.54) is 288 Å². The summed E-state index contributed by atoms with van der Waals surface area (Å²) in [6.45, 7) is 6.82. The second kappa shape index (κ2) is 69.3. The Balaban J connectivity index is -0.000000441. The van der Waals surface area contributed by atoms with Crippen LogP contribution < -0.4 is 0 Å². The first kappa shape index (κ1) is 72.5. The third-order valence-electron chi connectivity index (χ3n) is 12.7. The largest absolute Gasteiger partial charge is 0.478 e. The molecule has 0 aliphatic carbocycles. The number of carbonyl (C=O) groups is 3. The fourth-order valence-corrected chi connectivity index (χ4v) is 8.45. The molecule has 0 spiro atoms. The van der Waals surface area contributed by atoms with Crippen LogP contribution in [0.5, 0.6) is 0 Å². The summed E-state index contributed by atoms with van der Waals surface area (Å²) in [4.78, 5) is 30.8. The molecule has 7 heteroatoms. The number of hydrogen-bond acceptors (Lipinski definition) is 3. The zero-order valence-corrected chi connectivity index (χ0v) is 48.1. The molecule has 0 aliphatic heterocycles. The summed E-state index contributed by atoms with van der Waals surface area (Å²) in [5.41, 5.74) is 0. The predicted molar refractivity (Wildman–Crippen MR) is 289 cm³/mol. The summed E-state index contributed by atoms with van der Waals surface area (Å²) in [6, 6.07) is 0. The van der Waals surface area contributed by atoms with Gasteiger partial charge in [0.05, 0.1) is 0 Å². The van der Waals surface area contributed by atoms with Crippen LogP contribution >= 0.6 is 0 Å². The molecule has 0 rings (SSSR count). The number of allylic oxidation sites excluding steroid dienone is 3. The van der Waals surface area contributed by atoms with Gasteiger partial charge in [0, 0.05) is 60.0 Å². The minimum Gasteiger partial charge on any atom is -0.478 e. The molecule has 3 N–H and O–H groups in total. The summed E-state index contributed by atoms with van der Waals surface area (Å²) in [5.74, 6) is -2.50. The number of hydrogen-bond donors (Lipinski definition) is 3. The second-order valence-corrected chi connectivity index (χ2v) is 19.4. The summed E-state index contributed by atoms with van der Waals surface area (Å²) in [6.07, 6.45) is 73.5. The van der Waals surface area contributed by atoms with Crippen LogP contribution in [0.3, 0.4) is 0 Å². The Hall–Kier alpha value is -0.993. The Labute approximate surface area is 451 Å². The molecule has 0 atom stereocenters. The first-order chi connectivity index (χ1) is 32.3. The van der Waals surface area contributed by atoms with Crippen molar-refractivity contribution >= 4 is 17.9 Å². The topological polar surface area (TPSA) is 112 Å². The maximum atomic E-state index is 10.3. The van der Waals surface area contributed by atoms with Crippen LogP contribution in [0.1, 0.15) is 329 Å². The van der Waals surface area contributed by atoms with E-state index in [1.807, 2.05) is 0 Å². The Morgan fingerprint density at radius 2 is 0.358 bits per heavy atom. The molecule has 394 valence electrons. The molecule has 0 saturated heterocycles. The van der Waals surface area contributed by atoms with Gasteiger partial charge in [0.15, 0.2) is 0 Å². The molecule has 0 amide bonds. The number of rotatable bonds is 51. The number of aliphatic carboxylic acids is 3. The first-order valence-corrected chi connectivity index (χ1v) is 29.0. The Morgan fingerprint density at radius 3 is 0.478 bits per heavy atom. The van der Waals surface area contributed by atoms with E-state index >= 15 is 0 Å². The average Bonchev–Trinajstić information content (AvgIpc) is 3.29. The van der Waals surface area contributed by atoms with Gasteiger partial charge in [-0.1, -0.05) is 309 Å². The standard InChI is InChI=1S/3C20H38O2.Ce/c3*1-2-3-4-5-6-7-8-9-10-11-12-13-14-15-16-17-18-19-20(21)22;/h3*18-19H,2-17H2,1H3,(H,21,22);. The minimum absolute atomic E-state index is 0.